The summed E-state index contributed by atoms with van der Waals surface area (Å²) in [6, 6.07) is 0. The molecular formula is C16H15N3. The van der Waals surface area contributed by atoms with Crippen LogP contribution in [0, 0.1) is 0 Å². The molecule has 1 aliphatic heterocycles. The Morgan fingerprint density at radius 2 is 2.05 bits per heavy atom. The van der Waals surface area contributed by atoms with Crippen molar-refractivity contribution in [1.82, 2.24) is 0 Å². The summed E-state index contributed by atoms with van der Waals surface area (Å²) in [4.78, 5) is 0. The highest BCUT2D eigenvalue weighted by atomic mass is 15.4. The molecule has 1 atom stereocenters. The highest BCUT2D eigenvalue weighted by Gasteiger charge is 2.46. The number of nitrogens with zero attached hydrogens (tertiary/aromatic N) is 3. The summed E-state index contributed by atoms with van der Waals surface area (Å²) in [7, 11) is 0. The van der Waals surface area contributed by atoms with E-state index in [9.17, 15) is 0 Å². The second kappa shape index (κ2) is 3.73. The van der Waals surface area contributed by atoms with E-state index in [-0.39, 0.29) is 0 Å². The van der Waals surface area contributed by atoms with Crippen LogP contribution < -0.4 is 0 Å². The molecule has 4 aliphatic rings. The molecule has 4 rings (SSSR count). The van der Waals surface area contributed by atoms with Crippen molar-refractivity contribution >= 4 is 6.21 Å². The highest BCUT2D eigenvalue weighted by molar-refractivity contribution is 5.89. The quantitative estimate of drug-likeness (QED) is 0.621. The van der Waals surface area contributed by atoms with Crippen molar-refractivity contribution in [2.45, 2.75) is 31.7 Å². The Morgan fingerprint density at radius 3 is 2.89 bits per heavy atom. The molecule has 0 saturated carbocycles. The molecule has 0 aromatic carbocycles. The van der Waals surface area contributed by atoms with Crippen LogP contribution in [0.25, 0.3) is 0 Å². The van der Waals surface area contributed by atoms with Crippen molar-refractivity contribution in [2.24, 2.45) is 15.4 Å². The molecule has 0 saturated heterocycles. The van der Waals surface area contributed by atoms with Gasteiger partial charge in [0.1, 0.15) is 0 Å². The molecule has 1 spiro atoms. The lowest BCUT2D eigenvalue weighted by molar-refractivity contribution is 0.781. The molecule has 3 nitrogen and oxygen atoms in total. The van der Waals surface area contributed by atoms with E-state index in [1.807, 2.05) is 6.21 Å². The van der Waals surface area contributed by atoms with Crippen LogP contribution in [0.5, 0.6) is 0 Å². The van der Waals surface area contributed by atoms with Crippen molar-refractivity contribution in [3.05, 3.63) is 58.2 Å². The zero-order valence-electron chi connectivity index (χ0n) is 10.9. The Kier molecular flexibility index (Phi) is 2.13. The summed E-state index contributed by atoms with van der Waals surface area (Å²) in [6.07, 6.45) is 16.1. The first-order valence-electron chi connectivity index (χ1n) is 6.76. The van der Waals surface area contributed by atoms with Crippen LogP contribution in [0.4, 0.5) is 0 Å². The van der Waals surface area contributed by atoms with Gasteiger partial charge in [-0.2, -0.15) is 0 Å². The monoisotopic (exact) mass is 249 g/mol. The standard InChI is InChI=1S/C16H15N3/c1-11-5-4-8-15-13(9-11)12-6-2-3-7-14(12)16(15)10-17-19-18-16/h3-5,7-8,10H,2,6,9H2,1H3. The fourth-order valence-electron chi connectivity index (χ4n) is 3.43. The number of allylic oxidation sites excluding steroid dienone is 6. The SMILES string of the molecule is CC1=CC=CC2=C(C1)C1=C(C=CCC1)C21C=NN=N1. The van der Waals surface area contributed by atoms with Gasteiger partial charge < -0.3 is 0 Å². The third-order valence-electron chi connectivity index (χ3n) is 4.28. The Balaban J connectivity index is 1.98. The van der Waals surface area contributed by atoms with Crippen LogP contribution in [0.15, 0.2) is 73.7 Å². The first kappa shape index (κ1) is 10.9. The minimum atomic E-state index is -0.434. The lowest BCUT2D eigenvalue weighted by Crippen LogP contribution is -2.28. The van der Waals surface area contributed by atoms with Crippen LogP contribution >= 0.6 is 0 Å². The Morgan fingerprint density at radius 1 is 1.16 bits per heavy atom. The van der Waals surface area contributed by atoms with Gasteiger partial charge >= 0.3 is 0 Å². The first-order chi connectivity index (χ1) is 9.31. The third kappa shape index (κ3) is 1.35. The van der Waals surface area contributed by atoms with Crippen LogP contribution in [0.2, 0.25) is 0 Å². The second-order valence-corrected chi connectivity index (χ2v) is 5.47. The lowest BCUT2D eigenvalue weighted by atomic mass is 9.85. The van der Waals surface area contributed by atoms with Gasteiger partial charge in [-0.1, -0.05) is 36.0 Å². The average molecular weight is 249 g/mol. The third-order valence-corrected chi connectivity index (χ3v) is 4.28. The van der Waals surface area contributed by atoms with Gasteiger partial charge in [0.25, 0.3) is 0 Å². The van der Waals surface area contributed by atoms with E-state index in [1.54, 1.807) is 0 Å². The van der Waals surface area contributed by atoms with Gasteiger partial charge in [-0.05, 0) is 53.7 Å². The van der Waals surface area contributed by atoms with Crippen molar-refractivity contribution in [3.8, 4) is 0 Å². The van der Waals surface area contributed by atoms with Gasteiger partial charge in [0, 0.05) is 0 Å². The fraction of sp³-hybridized carbons (Fsp3) is 0.312. The fourth-order valence-corrected chi connectivity index (χ4v) is 3.43. The van der Waals surface area contributed by atoms with Gasteiger partial charge in [-0.3, -0.25) is 0 Å². The first-order valence-corrected chi connectivity index (χ1v) is 6.76. The molecule has 0 fully saturated rings. The minimum absolute atomic E-state index is 0.434. The molecule has 0 bridgehead atoms. The maximum absolute atomic E-state index is 4.46. The Bertz CT molecular complexity index is 654. The summed E-state index contributed by atoms with van der Waals surface area (Å²) >= 11 is 0. The number of rotatable bonds is 0. The predicted molar refractivity (Wildman–Crippen MR) is 76.0 cm³/mol. The zero-order valence-corrected chi connectivity index (χ0v) is 10.9. The Hall–Kier alpha value is -2.03. The average Bonchev–Trinajstić information content (AvgIpc) is 2.94. The number of fused-ring (bicyclic) bond motifs is 3. The second-order valence-electron chi connectivity index (χ2n) is 5.47. The van der Waals surface area contributed by atoms with Crippen LogP contribution in [0.1, 0.15) is 26.2 Å². The number of hydrogen-bond donors (Lipinski definition) is 0. The van der Waals surface area contributed by atoms with Gasteiger partial charge in [0.15, 0.2) is 5.54 Å². The smallest absolute Gasteiger partial charge is 0.146 e. The molecule has 3 heteroatoms. The van der Waals surface area contributed by atoms with Gasteiger partial charge in [0.05, 0.1) is 6.21 Å². The van der Waals surface area contributed by atoms with E-state index >= 15 is 0 Å². The van der Waals surface area contributed by atoms with Crippen molar-refractivity contribution in [3.63, 3.8) is 0 Å². The zero-order chi connectivity index (χ0) is 12.9. The maximum Gasteiger partial charge on any atom is 0.171 e. The van der Waals surface area contributed by atoms with Crippen molar-refractivity contribution in [2.75, 3.05) is 0 Å². The predicted octanol–water partition coefficient (Wildman–Crippen LogP) is 4.04. The van der Waals surface area contributed by atoms with E-state index in [1.165, 1.54) is 27.9 Å². The van der Waals surface area contributed by atoms with E-state index < -0.39 is 5.54 Å². The minimum Gasteiger partial charge on any atom is -0.146 e. The molecule has 0 aromatic rings. The van der Waals surface area contributed by atoms with Crippen molar-refractivity contribution < 1.29 is 0 Å². The van der Waals surface area contributed by atoms with E-state index in [0.717, 1.165) is 19.3 Å². The lowest BCUT2D eigenvalue weighted by Gasteiger charge is -2.21. The number of hydrogen-bond acceptors (Lipinski definition) is 3. The summed E-state index contributed by atoms with van der Waals surface area (Å²) in [5.41, 5.74) is 6.41. The topological polar surface area (TPSA) is 37.1 Å². The molecule has 0 amide bonds. The van der Waals surface area contributed by atoms with Gasteiger partial charge in [-0.15, -0.1) is 10.2 Å². The van der Waals surface area contributed by atoms with Crippen molar-refractivity contribution in [1.29, 1.82) is 0 Å². The summed E-state index contributed by atoms with van der Waals surface area (Å²) in [5.74, 6) is 0. The normalized spacial score (nSPS) is 31.1. The Labute approximate surface area is 112 Å². The van der Waals surface area contributed by atoms with E-state index in [0.29, 0.717) is 0 Å². The summed E-state index contributed by atoms with van der Waals surface area (Å²) in [5, 5.41) is 12.4. The van der Waals surface area contributed by atoms with Gasteiger partial charge in [-0.25, -0.2) is 0 Å². The molecule has 94 valence electrons. The molecule has 0 aromatic heterocycles. The van der Waals surface area contributed by atoms with Crippen LogP contribution in [-0.4, -0.2) is 11.8 Å². The molecule has 0 radical (unpaired) electrons. The molecule has 1 unspecified atom stereocenters. The molecular weight excluding hydrogens is 234 g/mol. The van der Waals surface area contributed by atoms with Gasteiger partial charge in [0.2, 0.25) is 0 Å². The van der Waals surface area contributed by atoms with Crippen LogP contribution in [-0.2, 0) is 0 Å². The largest absolute Gasteiger partial charge is 0.171 e. The van der Waals surface area contributed by atoms with E-state index in [4.69, 9.17) is 0 Å². The highest BCUT2D eigenvalue weighted by Crippen LogP contribution is 2.50. The van der Waals surface area contributed by atoms with E-state index in [2.05, 4.69) is 52.7 Å². The molecule has 3 aliphatic carbocycles. The molecule has 0 N–H and O–H groups in total. The molecule has 19 heavy (non-hydrogen) atoms. The molecule has 1 heterocycles. The van der Waals surface area contributed by atoms with Crippen LogP contribution in [0.3, 0.4) is 0 Å². The summed E-state index contributed by atoms with van der Waals surface area (Å²) in [6.45, 7) is 2.19. The summed E-state index contributed by atoms with van der Waals surface area (Å²) < 4.78 is 0. The maximum atomic E-state index is 4.46.